The summed E-state index contributed by atoms with van der Waals surface area (Å²) >= 11 is -0.673. The van der Waals surface area contributed by atoms with E-state index in [1.807, 2.05) is 0 Å². The average Bonchev–Trinajstić information content (AvgIpc) is 3.05. The van der Waals surface area contributed by atoms with Gasteiger partial charge >= 0.3 is 201 Å². The molecule has 3 aromatic rings. The first-order chi connectivity index (χ1) is 14.9. The Morgan fingerprint density at radius 2 is 1.13 bits per heavy atom. The van der Waals surface area contributed by atoms with Crippen LogP contribution < -0.4 is 0 Å². The average molecular weight is 500 g/mol. The molecule has 0 heterocycles. The third-order valence-corrected chi connectivity index (χ3v) is 17.5. The number of hydrogen-bond acceptors (Lipinski definition) is 0. The minimum atomic E-state index is -1.14. The standard InChI is InChI=1S/C26H23.C3H9Si.Zr/c1-4-10-21(11-5-1)18-24-16-17-25(19-22-12-6-2-7-13-22)26(24)20-23-14-8-3-9-15-23;1-4(2)3;/h1-17H,18-20H2;1-3H3;. The van der Waals surface area contributed by atoms with Crippen LogP contribution in [0.4, 0.5) is 0 Å². The van der Waals surface area contributed by atoms with Gasteiger partial charge in [-0.05, 0) is 0 Å². The van der Waals surface area contributed by atoms with Crippen LogP contribution >= 0.6 is 0 Å². The summed E-state index contributed by atoms with van der Waals surface area (Å²) < 4.78 is 0.287. The fourth-order valence-corrected chi connectivity index (χ4v) is 19.9. The molecule has 0 aliphatic heterocycles. The molecule has 1 aliphatic rings. The summed E-state index contributed by atoms with van der Waals surface area (Å²) in [5, 5.41) is -1.14. The van der Waals surface area contributed by atoms with Crippen molar-refractivity contribution in [2.75, 3.05) is 0 Å². The normalized spacial score (nSPS) is 18.4. The van der Waals surface area contributed by atoms with E-state index < -0.39 is 27.6 Å². The van der Waals surface area contributed by atoms with Crippen molar-refractivity contribution in [3.05, 3.63) is 131 Å². The molecule has 1 aliphatic carbocycles. The van der Waals surface area contributed by atoms with E-state index >= 15 is 0 Å². The summed E-state index contributed by atoms with van der Waals surface area (Å²) in [7, 11) is 0. The Morgan fingerprint density at radius 3 is 1.65 bits per heavy atom. The Bertz CT molecular complexity index is 1050. The predicted molar refractivity (Wildman–Crippen MR) is 133 cm³/mol. The molecule has 0 nitrogen and oxygen atoms in total. The molecule has 0 bridgehead atoms. The van der Waals surface area contributed by atoms with Crippen molar-refractivity contribution in [1.82, 2.24) is 0 Å². The van der Waals surface area contributed by atoms with Gasteiger partial charge in [-0.1, -0.05) is 0 Å². The minimum absolute atomic E-state index is 0.287. The predicted octanol–water partition coefficient (Wildman–Crippen LogP) is 7.66. The monoisotopic (exact) mass is 498 g/mol. The van der Waals surface area contributed by atoms with Gasteiger partial charge in [0.25, 0.3) is 0 Å². The Balaban J connectivity index is 1.79. The van der Waals surface area contributed by atoms with E-state index in [1.165, 1.54) is 23.1 Å². The zero-order valence-corrected chi connectivity index (χ0v) is 22.4. The molecule has 31 heavy (non-hydrogen) atoms. The van der Waals surface area contributed by atoms with Crippen LogP contribution in [0.1, 0.15) is 16.7 Å². The molecule has 3 aromatic carbocycles. The van der Waals surface area contributed by atoms with E-state index in [4.69, 9.17) is 0 Å². The summed E-state index contributed by atoms with van der Waals surface area (Å²) in [5.41, 5.74) is 7.61. The summed E-state index contributed by atoms with van der Waals surface area (Å²) in [6.07, 6.45) is 8.42. The van der Waals surface area contributed by atoms with Crippen LogP contribution in [0, 0.1) is 0 Å². The van der Waals surface area contributed by atoms with E-state index in [0.29, 0.717) is 0 Å². The quantitative estimate of drug-likeness (QED) is 0.279. The van der Waals surface area contributed by atoms with Crippen LogP contribution in [0.15, 0.2) is 114 Å². The summed E-state index contributed by atoms with van der Waals surface area (Å²) in [6.45, 7) is 7.78. The molecule has 156 valence electrons. The van der Waals surface area contributed by atoms with Crippen LogP contribution in [-0.4, -0.2) is 5.20 Å². The van der Waals surface area contributed by atoms with Gasteiger partial charge in [0.1, 0.15) is 0 Å². The number of hydrogen-bond donors (Lipinski definition) is 0. The molecule has 0 saturated carbocycles. The summed E-state index contributed by atoms with van der Waals surface area (Å²) in [5.74, 6) is 0. The third kappa shape index (κ3) is 5.93. The second kappa shape index (κ2) is 9.80. The second-order valence-electron chi connectivity index (χ2n) is 9.67. The van der Waals surface area contributed by atoms with Crippen molar-refractivity contribution < 1.29 is 22.4 Å². The first-order valence-electron chi connectivity index (χ1n) is 11.3. The van der Waals surface area contributed by atoms with Crippen molar-refractivity contribution >= 4 is 5.20 Å². The Hall–Kier alpha value is -1.76. The van der Waals surface area contributed by atoms with Crippen molar-refractivity contribution in [2.45, 2.75) is 42.0 Å². The van der Waals surface area contributed by atoms with Crippen LogP contribution in [-0.2, 0) is 41.7 Å². The van der Waals surface area contributed by atoms with Crippen molar-refractivity contribution in [2.24, 2.45) is 0 Å². The molecule has 1 atom stereocenters. The zero-order valence-electron chi connectivity index (χ0n) is 18.9. The summed E-state index contributed by atoms with van der Waals surface area (Å²) in [6, 6.07) is 33.3. The summed E-state index contributed by atoms with van der Waals surface area (Å²) in [4.78, 5) is 0. The topological polar surface area (TPSA) is 0 Å². The first kappa shape index (κ1) is 22.4. The molecule has 0 radical (unpaired) electrons. The number of rotatable bonds is 8. The van der Waals surface area contributed by atoms with Crippen LogP contribution in [0.2, 0.25) is 22.8 Å². The SMILES string of the molecule is C[Si](C)(C)[Zr][C]1(Cc2ccccc2)C=CC(Cc2ccccc2)=C1Cc1ccccc1. The molecule has 0 amide bonds. The van der Waals surface area contributed by atoms with Crippen LogP contribution in [0.5, 0.6) is 0 Å². The first-order valence-corrected chi connectivity index (χ1v) is 19.7. The number of benzene rings is 3. The Morgan fingerprint density at radius 1 is 0.645 bits per heavy atom. The van der Waals surface area contributed by atoms with E-state index in [2.05, 4.69) is 123 Å². The van der Waals surface area contributed by atoms with Crippen LogP contribution in [0.3, 0.4) is 0 Å². The van der Waals surface area contributed by atoms with Gasteiger partial charge in [-0.25, -0.2) is 0 Å². The van der Waals surface area contributed by atoms with Gasteiger partial charge in [0.05, 0.1) is 0 Å². The second-order valence-corrected chi connectivity index (χ2v) is 29.5. The van der Waals surface area contributed by atoms with Gasteiger partial charge in [-0.15, -0.1) is 0 Å². The molecule has 0 saturated heterocycles. The molecular formula is C29H32SiZr. The third-order valence-electron chi connectivity index (χ3n) is 5.88. The van der Waals surface area contributed by atoms with E-state index in [-0.39, 0.29) is 3.12 Å². The molecule has 0 spiro atoms. The molecule has 1 unspecified atom stereocenters. The molecule has 0 aromatic heterocycles. The maximum absolute atomic E-state index is 2.64. The van der Waals surface area contributed by atoms with Crippen LogP contribution in [0.25, 0.3) is 0 Å². The fourth-order valence-electron chi connectivity index (χ4n) is 4.70. The van der Waals surface area contributed by atoms with Crippen molar-refractivity contribution in [1.29, 1.82) is 0 Å². The Kier molecular flexibility index (Phi) is 7.09. The van der Waals surface area contributed by atoms with Gasteiger partial charge in [0.2, 0.25) is 0 Å². The van der Waals surface area contributed by atoms with Gasteiger partial charge in [-0.2, -0.15) is 0 Å². The Labute approximate surface area is 199 Å². The molecule has 0 N–H and O–H groups in total. The fraction of sp³-hybridized carbons (Fsp3) is 0.241. The van der Waals surface area contributed by atoms with E-state index in [1.54, 1.807) is 11.1 Å². The molecule has 0 fully saturated rings. The van der Waals surface area contributed by atoms with Crippen molar-refractivity contribution in [3.8, 4) is 0 Å². The van der Waals surface area contributed by atoms with Crippen molar-refractivity contribution in [3.63, 3.8) is 0 Å². The molecular weight excluding hydrogens is 468 g/mol. The van der Waals surface area contributed by atoms with Gasteiger partial charge < -0.3 is 0 Å². The van der Waals surface area contributed by atoms with E-state index in [0.717, 1.165) is 12.8 Å². The molecule has 4 rings (SSSR count). The molecule has 2 heteroatoms. The van der Waals surface area contributed by atoms with Gasteiger partial charge in [0.15, 0.2) is 0 Å². The van der Waals surface area contributed by atoms with Gasteiger partial charge in [0, 0.05) is 0 Å². The van der Waals surface area contributed by atoms with Gasteiger partial charge in [-0.3, -0.25) is 0 Å². The zero-order chi connectivity index (χ0) is 21.7. The van der Waals surface area contributed by atoms with E-state index in [9.17, 15) is 0 Å². The maximum atomic E-state index is 2.64. The number of allylic oxidation sites excluding steroid dienone is 4.